The first-order chi connectivity index (χ1) is 14.4. The first-order valence-corrected chi connectivity index (χ1v) is 9.40. The van der Waals surface area contributed by atoms with Crippen LogP contribution < -0.4 is 10.6 Å². The van der Waals surface area contributed by atoms with Crippen LogP contribution in [0.4, 0.5) is 17.1 Å². The van der Waals surface area contributed by atoms with E-state index >= 15 is 0 Å². The van der Waals surface area contributed by atoms with Gasteiger partial charge in [0.2, 0.25) is 5.91 Å². The maximum absolute atomic E-state index is 12.3. The van der Waals surface area contributed by atoms with Crippen LogP contribution in [-0.2, 0) is 16.6 Å². The van der Waals surface area contributed by atoms with Crippen LogP contribution in [0.5, 0.6) is 0 Å². The lowest BCUT2D eigenvalue weighted by Crippen LogP contribution is -2.14. The molecule has 0 saturated carbocycles. The van der Waals surface area contributed by atoms with Crippen molar-refractivity contribution in [2.24, 2.45) is 7.05 Å². The Morgan fingerprint density at radius 2 is 1.77 bits per heavy atom. The van der Waals surface area contributed by atoms with Crippen molar-refractivity contribution in [2.75, 3.05) is 17.2 Å². The predicted octanol–water partition coefficient (Wildman–Crippen LogP) is 3.55. The number of rotatable bonds is 8. The number of carbonyl (C=O) groups is 3. The molecule has 0 unspecified atom stereocenters. The van der Waals surface area contributed by atoms with Gasteiger partial charge in [0, 0.05) is 36.6 Å². The van der Waals surface area contributed by atoms with Crippen LogP contribution in [0.2, 0.25) is 0 Å². The first-order valence-electron chi connectivity index (χ1n) is 9.40. The van der Waals surface area contributed by atoms with Gasteiger partial charge in [-0.3, -0.25) is 14.3 Å². The minimum atomic E-state index is -0.593. The number of ether oxygens (including phenoxy) is 1. The van der Waals surface area contributed by atoms with Crippen LogP contribution in [0.15, 0.2) is 60.9 Å². The van der Waals surface area contributed by atoms with E-state index < -0.39 is 5.97 Å². The largest absolute Gasteiger partial charge is 0.454 e. The third-order valence-corrected chi connectivity index (χ3v) is 4.24. The van der Waals surface area contributed by atoms with Crippen molar-refractivity contribution in [1.82, 2.24) is 9.78 Å². The van der Waals surface area contributed by atoms with Crippen LogP contribution in [0, 0.1) is 0 Å². The molecular weight excluding hydrogens is 384 g/mol. The smallest absolute Gasteiger partial charge is 0.338 e. The highest BCUT2D eigenvalue weighted by Crippen LogP contribution is 2.18. The Morgan fingerprint density at radius 1 is 1.00 bits per heavy atom. The fourth-order valence-electron chi connectivity index (χ4n) is 2.66. The summed E-state index contributed by atoms with van der Waals surface area (Å²) in [7, 11) is 1.81. The van der Waals surface area contributed by atoms with Crippen molar-refractivity contribution in [3.05, 3.63) is 72.1 Å². The molecule has 0 aliphatic carbocycles. The van der Waals surface area contributed by atoms with Crippen LogP contribution >= 0.6 is 0 Å². The van der Waals surface area contributed by atoms with Gasteiger partial charge in [-0.2, -0.15) is 5.10 Å². The second-order valence-electron chi connectivity index (χ2n) is 6.59. The summed E-state index contributed by atoms with van der Waals surface area (Å²) in [6, 6.07) is 13.2. The van der Waals surface area contributed by atoms with E-state index in [1.807, 2.05) is 19.3 Å². The number of anilines is 3. The summed E-state index contributed by atoms with van der Waals surface area (Å²) >= 11 is 0. The number of nitrogens with one attached hydrogen (secondary N) is 2. The molecule has 3 rings (SSSR count). The van der Waals surface area contributed by atoms with E-state index in [9.17, 15) is 14.4 Å². The summed E-state index contributed by atoms with van der Waals surface area (Å²) in [5.41, 5.74) is 2.82. The molecule has 0 spiro atoms. The van der Waals surface area contributed by atoms with E-state index in [0.29, 0.717) is 28.9 Å². The summed E-state index contributed by atoms with van der Waals surface area (Å²) in [5.74, 6) is -1.03. The molecule has 8 heteroatoms. The molecule has 30 heavy (non-hydrogen) atoms. The van der Waals surface area contributed by atoms with Crippen LogP contribution in [0.1, 0.15) is 34.1 Å². The number of aromatic nitrogens is 2. The predicted molar refractivity (Wildman–Crippen MR) is 113 cm³/mol. The standard InChI is InChI=1S/C22H22N4O4/c1-3-21(28)25-17-9-7-15(8-10-17)20(27)14-30-22(29)16-5-4-6-18(11-16)24-19-12-23-26(2)13-19/h4-13,24H,3,14H2,1-2H3,(H,25,28). The van der Waals surface area contributed by atoms with Gasteiger partial charge < -0.3 is 15.4 Å². The molecule has 2 aromatic carbocycles. The van der Waals surface area contributed by atoms with Gasteiger partial charge in [0.15, 0.2) is 12.4 Å². The van der Waals surface area contributed by atoms with E-state index in [0.717, 1.165) is 5.69 Å². The monoisotopic (exact) mass is 406 g/mol. The molecule has 3 aromatic rings. The maximum Gasteiger partial charge on any atom is 0.338 e. The fraction of sp³-hybridized carbons (Fsp3) is 0.182. The summed E-state index contributed by atoms with van der Waals surface area (Å²) < 4.78 is 6.83. The van der Waals surface area contributed by atoms with E-state index in [2.05, 4.69) is 15.7 Å². The molecule has 1 heterocycles. The second kappa shape index (κ2) is 9.51. The van der Waals surface area contributed by atoms with Gasteiger partial charge in [0.25, 0.3) is 0 Å². The van der Waals surface area contributed by atoms with Gasteiger partial charge >= 0.3 is 5.97 Å². The number of Topliss-reactive ketones (excluding diaryl/α,β-unsaturated/α-hetero) is 1. The molecule has 1 aromatic heterocycles. The highest BCUT2D eigenvalue weighted by atomic mass is 16.5. The van der Waals surface area contributed by atoms with E-state index in [4.69, 9.17) is 4.74 Å². The van der Waals surface area contributed by atoms with Gasteiger partial charge in [-0.15, -0.1) is 0 Å². The summed E-state index contributed by atoms with van der Waals surface area (Å²) in [4.78, 5) is 36.0. The minimum Gasteiger partial charge on any atom is -0.454 e. The molecular formula is C22H22N4O4. The molecule has 0 saturated heterocycles. The highest BCUT2D eigenvalue weighted by Gasteiger charge is 2.13. The van der Waals surface area contributed by atoms with Gasteiger partial charge in [-0.25, -0.2) is 4.79 Å². The fourth-order valence-corrected chi connectivity index (χ4v) is 2.66. The average molecular weight is 406 g/mol. The molecule has 0 aliphatic rings. The van der Waals surface area contributed by atoms with Crippen molar-refractivity contribution in [1.29, 1.82) is 0 Å². The van der Waals surface area contributed by atoms with Crippen molar-refractivity contribution >= 4 is 34.7 Å². The lowest BCUT2D eigenvalue weighted by Gasteiger charge is -2.08. The summed E-state index contributed by atoms with van der Waals surface area (Å²) in [5, 5.41) is 9.93. The quantitative estimate of drug-likeness (QED) is 0.438. The Kier molecular flexibility index (Phi) is 6.59. The number of amides is 1. The highest BCUT2D eigenvalue weighted by molar-refractivity contribution is 6.00. The second-order valence-corrected chi connectivity index (χ2v) is 6.59. The van der Waals surface area contributed by atoms with Crippen LogP contribution in [0.25, 0.3) is 0 Å². The van der Waals surface area contributed by atoms with Gasteiger partial charge in [-0.05, 0) is 42.5 Å². The number of nitrogens with zero attached hydrogens (tertiary/aromatic N) is 2. The molecule has 0 aliphatic heterocycles. The Hall–Kier alpha value is -3.94. The maximum atomic E-state index is 12.3. The summed E-state index contributed by atoms with van der Waals surface area (Å²) in [6.07, 6.45) is 3.85. The Labute approximate surface area is 173 Å². The molecule has 8 nitrogen and oxygen atoms in total. The molecule has 1 amide bonds. The zero-order valence-electron chi connectivity index (χ0n) is 16.7. The van der Waals surface area contributed by atoms with Crippen molar-refractivity contribution < 1.29 is 19.1 Å². The van der Waals surface area contributed by atoms with Gasteiger partial charge in [0.1, 0.15) is 0 Å². The zero-order valence-corrected chi connectivity index (χ0v) is 16.7. The SMILES string of the molecule is CCC(=O)Nc1ccc(C(=O)COC(=O)c2cccc(Nc3cnn(C)c3)c2)cc1. The normalized spacial score (nSPS) is 10.3. The van der Waals surface area contributed by atoms with Crippen molar-refractivity contribution in [3.8, 4) is 0 Å². The number of ketones is 1. The Bertz CT molecular complexity index is 1060. The number of hydrogen-bond acceptors (Lipinski definition) is 6. The summed E-state index contributed by atoms with van der Waals surface area (Å²) in [6.45, 7) is 1.38. The lowest BCUT2D eigenvalue weighted by molar-refractivity contribution is -0.115. The average Bonchev–Trinajstić information content (AvgIpc) is 3.16. The number of esters is 1. The zero-order chi connectivity index (χ0) is 21.5. The Morgan fingerprint density at radius 3 is 2.43 bits per heavy atom. The number of benzene rings is 2. The number of hydrogen-bond donors (Lipinski definition) is 2. The molecule has 0 fully saturated rings. The van der Waals surface area contributed by atoms with E-state index in [1.165, 1.54) is 0 Å². The third kappa shape index (κ3) is 5.54. The molecule has 0 atom stereocenters. The Balaban J connectivity index is 1.56. The molecule has 154 valence electrons. The van der Waals surface area contributed by atoms with Crippen LogP contribution in [0.3, 0.4) is 0 Å². The first kappa shape index (κ1) is 20.8. The molecule has 0 bridgehead atoms. The van der Waals surface area contributed by atoms with E-state index in [1.54, 1.807) is 60.3 Å². The van der Waals surface area contributed by atoms with Crippen molar-refractivity contribution in [3.63, 3.8) is 0 Å². The van der Waals surface area contributed by atoms with Gasteiger partial charge in [-0.1, -0.05) is 13.0 Å². The minimum absolute atomic E-state index is 0.108. The molecule has 0 radical (unpaired) electrons. The lowest BCUT2D eigenvalue weighted by atomic mass is 10.1. The van der Waals surface area contributed by atoms with E-state index in [-0.39, 0.29) is 18.3 Å². The van der Waals surface area contributed by atoms with Crippen molar-refractivity contribution in [2.45, 2.75) is 13.3 Å². The van der Waals surface area contributed by atoms with Crippen LogP contribution in [-0.4, -0.2) is 34.0 Å². The number of aryl methyl sites for hydroxylation is 1. The number of carbonyl (C=O) groups excluding carboxylic acids is 3. The van der Waals surface area contributed by atoms with Gasteiger partial charge in [0.05, 0.1) is 17.4 Å². The third-order valence-electron chi connectivity index (χ3n) is 4.24. The topological polar surface area (TPSA) is 102 Å². The molecule has 2 N–H and O–H groups in total.